The zero-order valence-electron chi connectivity index (χ0n) is 12.6. The molecule has 0 saturated carbocycles. The number of nitrogens with one attached hydrogen (secondary N) is 1. The molecule has 2 N–H and O–H groups in total. The van der Waals surface area contributed by atoms with Crippen molar-refractivity contribution in [2.75, 3.05) is 13.7 Å². The van der Waals surface area contributed by atoms with Gasteiger partial charge in [-0.2, -0.15) is 0 Å². The van der Waals surface area contributed by atoms with Crippen LogP contribution in [0.5, 0.6) is 0 Å². The summed E-state index contributed by atoms with van der Waals surface area (Å²) in [4.78, 5) is 35.2. The fourth-order valence-electron chi connectivity index (χ4n) is 1.81. The Morgan fingerprint density at radius 2 is 2.00 bits per heavy atom. The summed E-state index contributed by atoms with van der Waals surface area (Å²) in [5.41, 5.74) is 0.878. The minimum Gasteiger partial charge on any atom is -0.468 e. The molecule has 0 radical (unpaired) electrons. The first-order valence-corrected chi connectivity index (χ1v) is 6.77. The summed E-state index contributed by atoms with van der Waals surface area (Å²) < 4.78 is 4.39. The molecule has 0 fully saturated rings. The van der Waals surface area contributed by atoms with Gasteiger partial charge in [0.1, 0.15) is 6.54 Å². The molecule has 2 unspecified atom stereocenters. The van der Waals surface area contributed by atoms with Crippen molar-refractivity contribution in [1.82, 2.24) is 10.2 Å². The first kappa shape index (κ1) is 17.6. The molecule has 2 atom stereocenters. The molecular weight excluding hydrogens is 288 g/mol. The average Bonchev–Trinajstić information content (AvgIpc) is 2.56. The van der Waals surface area contributed by atoms with Gasteiger partial charge in [0, 0.05) is 6.54 Å². The first-order valence-electron chi connectivity index (χ1n) is 6.77. The molecule has 1 rings (SSSR count). The minimum atomic E-state index is -1.45. The Bertz CT molecular complexity index is 506. The molecule has 0 aliphatic heterocycles. The molecular formula is C15H20N2O5. The molecule has 0 spiro atoms. The molecule has 120 valence electrons. The maximum absolute atomic E-state index is 11.8. The lowest BCUT2D eigenvalue weighted by Gasteiger charge is -2.28. The standard InChI is InChI=1S/C15H20N2O5/c1-11(14(20)15(21)16-8-13(19)22-2)17(10-18)9-12-6-4-3-5-7-12/h3-7,10-11,14,20H,8-9H2,1-2H3,(H,16,21). The Balaban J connectivity index is 2.62. The zero-order chi connectivity index (χ0) is 16.5. The largest absolute Gasteiger partial charge is 0.468 e. The summed E-state index contributed by atoms with van der Waals surface area (Å²) in [5.74, 6) is -1.36. The first-order chi connectivity index (χ1) is 10.5. The summed E-state index contributed by atoms with van der Waals surface area (Å²) in [6.45, 7) is 1.49. The predicted molar refractivity (Wildman–Crippen MR) is 78.5 cm³/mol. The summed E-state index contributed by atoms with van der Waals surface area (Å²) in [5, 5.41) is 12.2. The van der Waals surface area contributed by atoms with E-state index in [1.807, 2.05) is 30.3 Å². The number of carbonyl (C=O) groups excluding carboxylic acids is 3. The number of ether oxygens (including phenoxy) is 1. The maximum atomic E-state index is 11.8. The van der Waals surface area contributed by atoms with E-state index in [1.54, 1.807) is 6.92 Å². The van der Waals surface area contributed by atoms with Gasteiger partial charge in [-0.15, -0.1) is 0 Å². The number of rotatable bonds is 8. The lowest BCUT2D eigenvalue weighted by Crippen LogP contribution is -2.49. The molecule has 0 aliphatic carbocycles. The Hall–Kier alpha value is -2.41. The summed E-state index contributed by atoms with van der Waals surface area (Å²) in [6, 6.07) is 8.47. The third-order valence-corrected chi connectivity index (χ3v) is 3.23. The van der Waals surface area contributed by atoms with Gasteiger partial charge in [-0.05, 0) is 12.5 Å². The van der Waals surface area contributed by atoms with Crippen LogP contribution in [0.15, 0.2) is 30.3 Å². The highest BCUT2D eigenvalue weighted by atomic mass is 16.5. The Labute approximate surface area is 128 Å². The van der Waals surface area contributed by atoms with E-state index in [1.165, 1.54) is 12.0 Å². The number of benzene rings is 1. The molecule has 22 heavy (non-hydrogen) atoms. The molecule has 7 heteroatoms. The normalized spacial score (nSPS) is 12.9. The van der Waals surface area contributed by atoms with Gasteiger partial charge in [0.05, 0.1) is 13.2 Å². The second-order valence-corrected chi connectivity index (χ2v) is 4.74. The van der Waals surface area contributed by atoms with Gasteiger partial charge >= 0.3 is 5.97 Å². The molecule has 0 aliphatic rings. The third-order valence-electron chi connectivity index (χ3n) is 3.23. The number of carbonyl (C=O) groups is 3. The topological polar surface area (TPSA) is 95.9 Å². The van der Waals surface area contributed by atoms with Gasteiger partial charge in [0.15, 0.2) is 6.10 Å². The number of nitrogens with zero attached hydrogens (tertiary/aromatic N) is 1. The van der Waals surface area contributed by atoms with Crippen molar-refractivity contribution in [3.8, 4) is 0 Å². The van der Waals surface area contributed by atoms with Crippen LogP contribution in [-0.2, 0) is 25.7 Å². The zero-order valence-corrected chi connectivity index (χ0v) is 12.6. The SMILES string of the molecule is COC(=O)CNC(=O)C(O)C(C)N(C=O)Cc1ccccc1. The van der Waals surface area contributed by atoms with E-state index >= 15 is 0 Å². The van der Waals surface area contributed by atoms with E-state index in [2.05, 4.69) is 10.1 Å². The highest BCUT2D eigenvalue weighted by Gasteiger charge is 2.27. The van der Waals surface area contributed by atoms with Crippen LogP contribution in [0, 0.1) is 0 Å². The molecule has 0 saturated heterocycles. The van der Waals surface area contributed by atoms with E-state index in [0.29, 0.717) is 6.41 Å². The molecule has 2 amide bonds. The van der Waals surface area contributed by atoms with Crippen molar-refractivity contribution in [2.24, 2.45) is 0 Å². The molecule has 0 aromatic heterocycles. The van der Waals surface area contributed by atoms with Crippen molar-refractivity contribution < 1.29 is 24.2 Å². The molecule has 1 aromatic rings. The smallest absolute Gasteiger partial charge is 0.325 e. The number of aliphatic hydroxyl groups excluding tert-OH is 1. The Kier molecular flexibility index (Phi) is 7.04. The van der Waals surface area contributed by atoms with Crippen LogP contribution in [0.3, 0.4) is 0 Å². The van der Waals surface area contributed by atoms with Crippen LogP contribution in [0.4, 0.5) is 0 Å². The van der Waals surface area contributed by atoms with Crippen LogP contribution in [0.2, 0.25) is 0 Å². The van der Waals surface area contributed by atoms with E-state index in [4.69, 9.17) is 0 Å². The number of hydrogen-bond acceptors (Lipinski definition) is 5. The van der Waals surface area contributed by atoms with Gasteiger partial charge in [0.2, 0.25) is 6.41 Å². The van der Waals surface area contributed by atoms with Crippen LogP contribution in [-0.4, -0.2) is 54.1 Å². The second-order valence-electron chi connectivity index (χ2n) is 4.74. The van der Waals surface area contributed by atoms with E-state index in [-0.39, 0.29) is 13.1 Å². The molecule has 0 heterocycles. The van der Waals surface area contributed by atoms with E-state index < -0.39 is 24.0 Å². The highest BCUT2D eigenvalue weighted by Crippen LogP contribution is 2.09. The summed E-state index contributed by atoms with van der Waals surface area (Å²) in [7, 11) is 1.20. The number of amides is 2. The van der Waals surface area contributed by atoms with Gasteiger partial charge < -0.3 is 20.1 Å². The van der Waals surface area contributed by atoms with Gasteiger partial charge in [0.25, 0.3) is 5.91 Å². The van der Waals surface area contributed by atoms with Crippen molar-refractivity contribution in [1.29, 1.82) is 0 Å². The fourth-order valence-corrected chi connectivity index (χ4v) is 1.81. The molecule has 7 nitrogen and oxygen atoms in total. The monoisotopic (exact) mass is 308 g/mol. The van der Waals surface area contributed by atoms with Crippen molar-refractivity contribution in [2.45, 2.75) is 25.6 Å². The predicted octanol–water partition coefficient (Wildman–Crippen LogP) is -0.316. The number of aliphatic hydroxyl groups is 1. The summed E-state index contributed by atoms with van der Waals surface area (Å²) in [6.07, 6.45) is -0.868. The van der Waals surface area contributed by atoms with Crippen LogP contribution < -0.4 is 5.32 Å². The van der Waals surface area contributed by atoms with Crippen LogP contribution in [0.25, 0.3) is 0 Å². The second kappa shape index (κ2) is 8.78. The quantitative estimate of drug-likeness (QED) is 0.507. The molecule has 1 aromatic carbocycles. The van der Waals surface area contributed by atoms with E-state index in [9.17, 15) is 19.5 Å². The fraction of sp³-hybridized carbons (Fsp3) is 0.400. The van der Waals surface area contributed by atoms with Crippen LogP contribution in [0.1, 0.15) is 12.5 Å². The third kappa shape index (κ3) is 5.17. The number of methoxy groups -OCH3 is 1. The lowest BCUT2D eigenvalue weighted by atomic mass is 10.1. The van der Waals surface area contributed by atoms with Crippen molar-refractivity contribution >= 4 is 18.3 Å². The van der Waals surface area contributed by atoms with Crippen LogP contribution >= 0.6 is 0 Å². The maximum Gasteiger partial charge on any atom is 0.325 e. The van der Waals surface area contributed by atoms with E-state index in [0.717, 1.165) is 5.56 Å². The highest BCUT2D eigenvalue weighted by molar-refractivity contribution is 5.85. The van der Waals surface area contributed by atoms with Gasteiger partial charge in [-0.1, -0.05) is 30.3 Å². The summed E-state index contributed by atoms with van der Waals surface area (Å²) >= 11 is 0. The average molecular weight is 308 g/mol. The minimum absolute atomic E-state index is 0.271. The van der Waals surface area contributed by atoms with Crippen molar-refractivity contribution in [3.63, 3.8) is 0 Å². The Morgan fingerprint density at radius 1 is 1.36 bits per heavy atom. The lowest BCUT2D eigenvalue weighted by molar-refractivity contribution is -0.143. The van der Waals surface area contributed by atoms with Crippen molar-refractivity contribution in [3.05, 3.63) is 35.9 Å². The number of esters is 1. The molecule has 0 bridgehead atoms. The van der Waals surface area contributed by atoms with Gasteiger partial charge in [-0.25, -0.2) is 0 Å². The Morgan fingerprint density at radius 3 is 2.55 bits per heavy atom. The van der Waals surface area contributed by atoms with Gasteiger partial charge in [-0.3, -0.25) is 14.4 Å². The number of hydrogen-bond donors (Lipinski definition) is 2.